The number of nitrogens with one attached hydrogen (secondary N) is 2. The van der Waals surface area contributed by atoms with Crippen molar-refractivity contribution in [2.75, 3.05) is 6.26 Å². The van der Waals surface area contributed by atoms with Crippen LogP contribution in [-0.4, -0.2) is 28.0 Å². The second kappa shape index (κ2) is 8.97. The Morgan fingerprint density at radius 1 is 0.871 bits per heavy atom. The van der Waals surface area contributed by atoms with Crippen molar-refractivity contribution < 1.29 is 9.59 Å². The highest BCUT2D eigenvalue weighted by Crippen LogP contribution is 2.25. The number of hydrazine groups is 1. The smallest absolute Gasteiger partial charge is 0.267 e. The number of pyridine rings is 2. The molecule has 4 aromatic rings. The van der Waals surface area contributed by atoms with Gasteiger partial charge in [-0.05, 0) is 37.4 Å². The molecule has 0 aliphatic rings. The molecule has 0 radical (unpaired) electrons. The highest BCUT2D eigenvalue weighted by atomic mass is 32.2. The van der Waals surface area contributed by atoms with Crippen molar-refractivity contribution in [1.82, 2.24) is 20.8 Å². The summed E-state index contributed by atoms with van der Waals surface area (Å²) in [7, 11) is 0. The Bertz CT molecular complexity index is 1270. The van der Waals surface area contributed by atoms with Gasteiger partial charge < -0.3 is 0 Å². The minimum atomic E-state index is -0.428. The van der Waals surface area contributed by atoms with E-state index < -0.39 is 11.8 Å². The van der Waals surface area contributed by atoms with E-state index in [9.17, 15) is 9.59 Å². The van der Waals surface area contributed by atoms with Crippen molar-refractivity contribution in [3.8, 4) is 11.3 Å². The summed E-state index contributed by atoms with van der Waals surface area (Å²) in [5, 5.41) is 1.29. The zero-order valence-corrected chi connectivity index (χ0v) is 17.9. The van der Waals surface area contributed by atoms with Gasteiger partial charge >= 0.3 is 0 Å². The predicted molar refractivity (Wildman–Crippen MR) is 123 cm³/mol. The number of hydrogen-bond donors (Lipinski definition) is 2. The molecule has 7 heteroatoms. The Morgan fingerprint density at radius 3 is 2.32 bits per heavy atom. The van der Waals surface area contributed by atoms with Gasteiger partial charge in [-0.2, -0.15) is 0 Å². The summed E-state index contributed by atoms with van der Waals surface area (Å²) in [6.07, 6.45) is 3.46. The van der Waals surface area contributed by atoms with Gasteiger partial charge in [-0.15, -0.1) is 11.8 Å². The van der Waals surface area contributed by atoms with E-state index in [1.54, 1.807) is 24.4 Å². The molecule has 31 heavy (non-hydrogen) atoms. The molecular weight excluding hydrogens is 408 g/mol. The van der Waals surface area contributed by atoms with E-state index in [1.165, 1.54) is 11.8 Å². The van der Waals surface area contributed by atoms with Crippen molar-refractivity contribution in [2.24, 2.45) is 0 Å². The van der Waals surface area contributed by atoms with Crippen LogP contribution in [0, 0.1) is 6.92 Å². The number of aromatic nitrogens is 2. The number of hydrogen-bond acceptors (Lipinski definition) is 5. The normalized spacial score (nSPS) is 10.6. The number of para-hydroxylation sites is 1. The third-order valence-corrected chi connectivity index (χ3v) is 5.52. The van der Waals surface area contributed by atoms with E-state index in [0.29, 0.717) is 32.7 Å². The minimum absolute atomic E-state index is 0.398. The molecule has 0 saturated carbocycles. The molecule has 2 aromatic carbocycles. The topological polar surface area (TPSA) is 84.0 Å². The van der Waals surface area contributed by atoms with Crippen LogP contribution in [-0.2, 0) is 0 Å². The number of rotatable bonds is 4. The van der Waals surface area contributed by atoms with Gasteiger partial charge in [0, 0.05) is 17.1 Å². The number of carbonyl (C=O) groups excluding carboxylic acids is 2. The van der Waals surface area contributed by atoms with Crippen LogP contribution in [0.5, 0.6) is 0 Å². The van der Waals surface area contributed by atoms with Crippen molar-refractivity contribution in [1.29, 1.82) is 0 Å². The Hall–Kier alpha value is -3.71. The number of carbonyl (C=O) groups is 2. The second-order valence-corrected chi connectivity index (χ2v) is 7.70. The summed E-state index contributed by atoms with van der Waals surface area (Å²) in [5.41, 5.74) is 9.29. The van der Waals surface area contributed by atoms with Crippen LogP contribution in [0.1, 0.15) is 26.3 Å². The summed E-state index contributed by atoms with van der Waals surface area (Å²) in [6, 6.07) is 20.5. The Labute approximate surface area is 184 Å². The number of benzene rings is 2. The number of nitrogens with zero attached hydrogens (tertiary/aromatic N) is 2. The maximum Gasteiger partial charge on any atom is 0.272 e. The Morgan fingerprint density at radius 2 is 1.58 bits per heavy atom. The fraction of sp³-hybridized carbons (Fsp3) is 0.0833. The van der Waals surface area contributed by atoms with E-state index in [0.717, 1.165) is 11.1 Å². The molecule has 0 spiro atoms. The molecule has 2 amide bonds. The van der Waals surface area contributed by atoms with Gasteiger partial charge in [0.2, 0.25) is 0 Å². The van der Waals surface area contributed by atoms with Crippen LogP contribution < -0.4 is 10.9 Å². The Balaban J connectivity index is 1.64. The van der Waals surface area contributed by atoms with Gasteiger partial charge in [-0.3, -0.25) is 20.4 Å². The van der Waals surface area contributed by atoms with E-state index in [4.69, 9.17) is 4.98 Å². The Kier molecular flexibility index (Phi) is 5.95. The lowest BCUT2D eigenvalue weighted by Gasteiger charge is -2.12. The molecule has 0 aliphatic carbocycles. The fourth-order valence-electron chi connectivity index (χ4n) is 3.21. The minimum Gasteiger partial charge on any atom is -0.267 e. The average Bonchev–Trinajstić information content (AvgIpc) is 2.82. The number of aryl methyl sites for hydroxylation is 1. The summed E-state index contributed by atoms with van der Waals surface area (Å²) >= 11 is 1.36. The third kappa shape index (κ3) is 4.41. The molecule has 0 bridgehead atoms. The van der Waals surface area contributed by atoms with Gasteiger partial charge in [-0.1, -0.05) is 48.0 Å². The standard InChI is InChI=1S/C24H20N4O2S/c1-15-9-11-16(12-10-15)21-14-19(17-6-3-4-8-20(17)26-21)23(30)28-27-22(29)18-7-5-13-25-24(18)31-2/h3-14H,1-2H3,(H,27,29)(H,28,30). The first-order valence-electron chi connectivity index (χ1n) is 9.63. The highest BCUT2D eigenvalue weighted by Gasteiger charge is 2.16. The zero-order valence-electron chi connectivity index (χ0n) is 17.0. The zero-order chi connectivity index (χ0) is 21.8. The maximum atomic E-state index is 13.0. The summed E-state index contributed by atoms with van der Waals surface area (Å²) in [6.45, 7) is 2.02. The number of thioether (sulfide) groups is 1. The second-order valence-electron chi connectivity index (χ2n) is 6.91. The van der Waals surface area contributed by atoms with Crippen molar-refractivity contribution in [2.45, 2.75) is 11.9 Å². The molecule has 0 fully saturated rings. The van der Waals surface area contributed by atoms with E-state index in [1.807, 2.05) is 61.7 Å². The lowest BCUT2D eigenvalue weighted by molar-refractivity contribution is 0.0845. The first kappa shape index (κ1) is 20.6. The van der Waals surface area contributed by atoms with Gasteiger partial charge in [0.1, 0.15) is 5.03 Å². The van der Waals surface area contributed by atoms with Gasteiger partial charge in [0.15, 0.2) is 0 Å². The molecule has 0 atom stereocenters. The summed E-state index contributed by atoms with van der Waals surface area (Å²) in [4.78, 5) is 34.4. The maximum absolute atomic E-state index is 13.0. The quantitative estimate of drug-likeness (QED) is 0.372. The van der Waals surface area contributed by atoms with Crippen molar-refractivity contribution in [3.05, 3.63) is 89.6 Å². The van der Waals surface area contributed by atoms with Crippen LogP contribution >= 0.6 is 11.8 Å². The third-order valence-electron chi connectivity index (χ3n) is 4.81. The van der Waals surface area contributed by atoms with Gasteiger partial charge in [0.05, 0.1) is 22.3 Å². The van der Waals surface area contributed by atoms with E-state index >= 15 is 0 Å². The molecule has 2 heterocycles. The molecule has 2 N–H and O–H groups in total. The summed E-state index contributed by atoms with van der Waals surface area (Å²) in [5.74, 6) is -0.849. The molecule has 6 nitrogen and oxygen atoms in total. The summed E-state index contributed by atoms with van der Waals surface area (Å²) < 4.78 is 0. The van der Waals surface area contributed by atoms with Crippen LogP contribution in [0.15, 0.2) is 78.0 Å². The van der Waals surface area contributed by atoms with Crippen LogP contribution in [0.2, 0.25) is 0 Å². The molecular formula is C24H20N4O2S. The van der Waals surface area contributed by atoms with Crippen LogP contribution in [0.4, 0.5) is 0 Å². The van der Waals surface area contributed by atoms with Crippen LogP contribution in [0.3, 0.4) is 0 Å². The van der Waals surface area contributed by atoms with Crippen LogP contribution in [0.25, 0.3) is 22.2 Å². The van der Waals surface area contributed by atoms with Gasteiger partial charge in [0.25, 0.3) is 11.8 Å². The molecule has 0 aliphatic heterocycles. The molecule has 4 rings (SSSR count). The average molecular weight is 429 g/mol. The molecule has 0 unspecified atom stereocenters. The van der Waals surface area contributed by atoms with E-state index in [2.05, 4.69) is 15.8 Å². The van der Waals surface area contributed by atoms with E-state index in [-0.39, 0.29) is 0 Å². The first-order valence-corrected chi connectivity index (χ1v) is 10.9. The fourth-order valence-corrected chi connectivity index (χ4v) is 3.76. The lowest BCUT2D eigenvalue weighted by Crippen LogP contribution is -2.42. The van der Waals surface area contributed by atoms with Gasteiger partial charge in [-0.25, -0.2) is 9.97 Å². The van der Waals surface area contributed by atoms with Crippen molar-refractivity contribution >= 4 is 34.5 Å². The number of amides is 2. The number of fused-ring (bicyclic) bond motifs is 1. The van der Waals surface area contributed by atoms with Crippen molar-refractivity contribution in [3.63, 3.8) is 0 Å². The highest BCUT2D eigenvalue weighted by molar-refractivity contribution is 7.98. The molecule has 0 saturated heterocycles. The predicted octanol–water partition coefficient (Wildman–Crippen LogP) is 4.40. The largest absolute Gasteiger partial charge is 0.272 e. The first-order chi connectivity index (χ1) is 15.1. The monoisotopic (exact) mass is 428 g/mol. The lowest BCUT2D eigenvalue weighted by atomic mass is 10.0. The molecule has 2 aromatic heterocycles. The SMILES string of the molecule is CSc1ncccc1C(=O)NNC(=O)c1cc(-c2ccc(C)cc2)nc2ccccc12. The molecule has 154 valence electrons.